The molecular weight excluding hydrogens is 294 g/mol. The molecule has 4 fully saturated rings. The van der Waals surface area contributed by atoms with Crippen molar-refractivity contribution in [1.29, 1.82) is 0 Å². The van der Waals surface area contributed by atoms with Gasteiger partial charge in [0.2, 0.25) is 0 Å². The lowest BCUT2D eigenvalue weighted by atomic mass is 9.53. The molecule has 2 aromatic rings. The zero-order valence-electron chi connectivity index (χ0n) is 12.6. The Balaban J connectivity index is 1.29. The number of hydrogen-bond acceptors (Lipinski definition) is 5. The van der Waals surface area contributed by atoms with Gasteiger partial charge in [-0.25, -0.2) is 0 Å². The quantitative estimate of drug-likeness (QED) is 0.931. The summed E-state index contributed by atoms with van der Waals surface area (Å²) >= 11 is 1.65. The second kappa shape index (κ2) is 4.90. The van der Waals surface area contributed by atoms with Crippen LogP contribution < -0.4 is 5.32 Å². The molecule has 116 valence electrons. The normalized spacial score (nSPS) is 36.1. The summed E-state index contributed by atoms with van der Waals surface area (Å²) in [7, 11) is 0. The molecule has 4 bridgehead atoms. The Morgan fingerprint density at radius 2 is 1.91 bits per heavy atom. The van der Waals surface area contributed by atoms with Crippen molar-refractivity contribution in [1.82, 2.24) is 15.5 Å². The van der Waals surface area contributed by atoms with Gasteiger partial charge >= 0.3 is 0 Å². The monoisotopic (exact) mass is 315 g/mol. The van der Waals surface area contributed by atoms with Crippen molar-refractivity contribution in [2.24, 2.45) is 17.8 Å². The minimum atomic E-state index is 0.359. The van der Waals surface area contributed by atoms with Gasteiger partial charge in [0.05, 0.1) is 12.1 Å². The first-order valence-electron chi connectivity index (χ1n) is 8.38. The van der Waals surface area contributed by atoms with Crippen LogP contribution >= 0.6 is 11.3 Å². The van der Waals surface area contributed by atoms with Gasteiger partial charge in [0, 0.05) is 10.9 Å². The van der Waals surface area contributed by atoms with E-state index in [9.17, 15) is 0 Å². The average Bonchev–Trinajstić information content (AvgIpc) is 3.15. The molecule has 0 spiro atoms. The second-order valence-electron chi connectivity index (χ2n) is 7.58. The van der Waals surface area contributed by atoms with Crippen molar-refractivity contribution < 1.29 is 4.52 Å². The molecule has 0 amide bonds. The van der Waals surface area contributed by atoms with Crippen LogP contribution in [0.1, 0.15) is 44.3 Å². The van der Waals surface area contributed by atoms with Crippen LogP contribution in [0.2, 0.25) is 0 Å². The van der Waals surface area contributed by atoms with Crippen molar-refractivity contribution in [3.8, 4) is 11.5 Å². The molecule has 22 heavy (non-hydrogen) atoms. The number of thiophene rings is 1. The zero-order valence-corrected chi connectivity index (χ0v) is 13.4. The Bertz CT molecular complexity index is 628. The fourth-order valence-corrected chi connectivity index (χ4v) is 6.05. The summed E-state index contributed by atoms with van der Waals surface area (Å²) in [5.74, 6) is 4.32. The molecule has 4 aliphatic carbocycles. The van der Waals surface area contributed by atoms with Gasteiger partial charge in [-0.15, -0.1) is 0 Å². The fraction of sp³-hybridized carbons (Fsp3) is 0.647. The third-order valence-corrected chi connectivity index (χ3v) is 6.58. The molecule has 4 nitrogen and oxygen atoms in total. The number of nitrogens with zero attached hydrogens (tertiary/aromatic N) is 2. The lowest BCUT2D eigenvalue weighted by molar-refractivity contribution is -0.0209. The molecule has 0 aromatic carbocycles. The van der Waals surface area contributed by atoms with E-state index < -0.39 is 0 Å². The summed E-state index contributed by atoms with van der Waals surface area (Å²) in [5.41, 5.74) is 1.39. The summed E-state index contributed by atoms with van der Waals surface area (Å²) in [6.07, 6.45) is 8.50. The largest absolute Gasteiger partial charge is 0.334 e. The van der Waals surface area contributed by atoms with E-state index in [-0.39, 0.29) is 0 Å². The Hall–Kier alpha value is -1.20. The molecule has 6 rings (SSSR count). The van der Waals surface area contributed by atoms with E-state index in [0.29, 0.717) is 11.4 Å². The maximum atomic E-state index is 5.39. The first kappa shape index (κ1) is 13.3. The third kappa shape index (κ3) is 2.22. The molecule has 0 saturated heterocycles. The predicted molar refractivity (Wildman–Crippen MR) is 85.4 cm³/mol. The second-order valence-corrected chi connectivity index (χ2v) is 8.36. The summed E-state index contributed by atoms with van der Waals surface area (Å²) in [6, 6.07) is 2.02. The van der Waals surface area contributed by atoms with Gasteiger partial charge in [0.25, 0.3) is 5.89 Å². The molecule has 0 unspecified atom stereocenters. The van der Waals surface area contributed by atoms with Crippen LogP contribution in [0.4, 0.5) is 0 Å². The molecule has 4 saturated carbocycles. The lowest BCUT2D eigenvalue weighted by Gasteiger charge is -2.57. The molecule has 0 atom stereocenters. The number of rotatable bonds is 4. The van der Waals surface area contributed by atoms with Crippen LogP contribution in [0.15, 0.2) is 21.3 Å². The average molecular weight is 315 g/mol. The summed E-state index contributed by atoms with van der Waals surface area (Å²) in [4.78, 5) is 4.54. The van der Waals surface area contributed by atoms with Gasteiger partial charge in [-0.2, -0.15) is 16.3 Å². The van der Waals surface area contributed by atoms with Gasteiger partial charge in [-0.3, -0.25) is 0 Å². The predicted octanol–water partition coefficient (Wildman–Crippen LogP) is 3.86. The lowest BCUT2D eigenvalue weighted by Crippen LogP contribution is -2.58. The Labute approximate surface area is 134 Å². The third-order valence-electron chi connectivity index (χ3n) is 5.90. The van der Waals surface area contributed by atoms with Crippen molar-refractivity contribution >= 4 is 11.3 Å². The molecule has 2 heterocycles. The van der Waals surface area contributed by atoms with Crippen molar-refractivity contribution in [3.63, 3.8) is 0 Å². The Morgan fingerprint density at radius 1 is 1.18 bits per heavy atom. The number of nitrogens with one attached hydrogen (secondary N) is 1. The summed E-state index contributed by atoms with van der Waals surface area (Å²) < 4.78 is 5.39. The van der Waals surface area contributed by atoms with E-state index in [0.717, 1.165) is 35.7 Å². The summed E-state index contributed by atoms with van der Waals surface area (Å²) in [5, 5.41) is 12.0. The van der Waals surface area contributed by atoms with Crippen LogP contribution in [-0.2, 0) is 6.54 Å². The Kier molecular flexibility index (Phi) is 2.95. The van der Waals surface area contributed by atoms with E-state index in [1.807, 2.05) is 16.8 Å². The Morgan fingerprint density at radius 3 is 2.55 bits per heavy atom. The summed E-state index contributed by atoms with van der Waals surface area (Å²) in [6.45, 7) is 0.736. The van der Waals surface area contributed by atoms with Crippen LogP contribution in [0.25, 0.3) is 11.5 Å². The first-order valence-corrected chi connectivity index (χ1v) is 9.32. The smallest absolute Gasteiger partial charge is 0.258 e. The van der Waals surface area contributed by atoms with Gasteiger partial charge in [-0.1, -0.05) is 5.16 Å². The van der Waals surface area contributed by atoms with E-state index >= 15 is 0 Å². The molecule has 5 heteroatoms. The molecule has 2 aromatic heterocycles. The highest BCUT2D eigenvalue weighted by molar-refractivity contribution is 7.08. The van der Waals surface area contributed by atoms with Crippen LogP contribution in [-0.4, -0.2) is 15.7 Å². The van der Waals surface area contributed by atoms with Gasteiger partial charge in [-0.05, 0) is 67.7 Å². The highest BCUT2D eigenvalue weighted by Gasteiger charge is 2.50. The van der Waals surface area contributed by atoms with Crippen molar-refractivity contribution in [3.05, 3.63) is 22.7 Å². The highest BCUT2D eigenvalue weighted by atomic mass is 32.1. The molecule has 0 radical (unpaired) electrons. The van der Waals surface area contributed by atoms with Gasteiger partial charge in [0.1, 0.15) is 0 Å². The highest BCUT2D eigenvalue weighted by Crippen LogP contribution is 2.55. The molecule has 1 N–H and O–H groups in total. The SMILES string of the molecule is c1cc(-c2nc(CNC34CC5CC(CC(C5)C3)C4)no2)cs1. The molecule has 4 aliphatic rings. The molecule has 0 aliphatic heterocycles. The minimum Gasteiger partial charge on any atom is -0.334 e. The van der Waals surface area contributed by atoms with Crippen LogP contribution in [0.3, 0.4) is 0 Å². The number of hydrogen-bond donors (Lipinski definition) is 1. The first-order chi connectivity index (χ1) is 10.8. The number of aromatic nitrogens is 2. The molecular formula is C17H21N3OS. The zero-order chi connectivity index (χ0) is 14.6. The van der Waals surface area contributed by atoms with E-state index in [1.54, 1.807) is 11.3 Å². The van der Waals surface area contributed by atoms with Crippen molar-refractivity contribution in [2.75, 3.05) is 0 Å². The van der Waals surface area contributed by atoms with E-state index in [2.05, 4.69) is 15.5 Å². The fourth-order valence-electron chi connectivity index (χ4n) is 5.42. The minimum absolute atomic E-state index is 0.359. The van der Waals surface area contributed by atoms with E-state index in [4.69, 9.17) is 4.52 Å². The van der Waals surface area contributed by atoms with Gasteiger partial charge in [0.15, 0.2) is 5.82 Å². The maximum absolute atomic E-state index is 5.39. The van der Waals surface area contributed by atoms with E-state index in [1.165, 1.54) is 38.5 Å². The maximum Gasteiger partial charge on any atom is 0.258 e. The van der Waals surface area contributed by atoms with Crippen LogP contribution in [0.5, 0.6) is 0 Å². The van der Waals surface area contributed by atoms with Gasteiger partial charge < -0.3 is 9.84 Å². The topological polar surface area (TPSA) is 51.0 Å². The van der Waals surface area contributed by atoms with Crippen LogP contribution in [0, 0.1) is 17.8 Å². The standard InChI is InChI=1S/C17H21N3OS/c1-2-22-10-14(1)16-19-15(20-21-16)9-18-17-6-11-3-12(7-17)5-13(4-11)8-17/h1-2,10-13,18H,3-9H2. The van der Waals surface area contributed by atoms with Crippen molar-refractivity contribution in [2.45, 2.75) is 50.6 Å².